The first-order valence-electron chi connectivity index (χ1n) is 4.68. The van der Waals surface area contributed by atoms with Crippen molar-refractivity contribution in [1.82, 2.24) is 30.2 Å². The molecule has 0 fully saturated rings. The van der Waals surface area contributed by atoms with Crippen molar-refractivity contribution in [2.24, 2.45) is 7.05 Å². The highest BCUT2D eigenvalue weighted by molar-refractivity contribution is 7.67. The number of nitrogens with one attached hydrogen (secondary N) is 1. The van der Waals surface area contributed by atoms with E-state index in [0.717, 1.165) is 6.20 Å². The van der Waals surface area contributed by atoms with Gasteiger partial charge in [-0.1, -0.05) is 0 Å². The van der Waals surface area contributed by atoms with E-state index >= 15 is 0 Å². The lowest BCUT2D eigenvalue weighted by molar-refractivity contribution is -0.391. The molecule has 11 heteroatoms. The maximum absolute atomic E-state index is 11.0. The van der Waals surface area contributed by atoms with Crippen LogP contribution < -0.4 is 0 Å². The van der Waals surface area contributed by atoms with Crippen LogP contribution in [0.15, 0.2) is 6.20 Å². The number of hydrogen-bond acceptors (Lipinski definition) is 7. The highest BCUT2D eigenvalue weighted by atomic mass is 32.1. The van der Waals surface area contributed by atoms with Gasteiger partial charge in [0.1, 0.15) is 11.1 Å². The average Bonchev–Trinajstić information content (AvgIpc) is 2.96. The lowest BCUT2D eigenvalue weighted by Crippen LogP contribution is -2.12. The van der Waals surface area contributed by atoms with Gasteiger partial charge in [0.05, 0.1) is 24.7 Å². The molecule has 2 heterocycles. The Bertz CT molecular complexity index is 628. The number of rotatable bonds is 4. The molecule has 0 amide bonds. The summed E-state index contributed by atoms with van der Waals surface area (Å²) in [7, 11) is 1.50. The fourth-order valence-corrected chi connectivity index (χ4v) is 1.69. The van der Waals surface area contributed by atoms with Crippen LogP contribution in [0.25, 0.3) is 0 Å². The van der Waals surface area contributed by atoms with Gasteiger partial charge in [0.15, 0.2) is 0 Å². The third kappa shape index (κ3) is 2.15. The largest absolute Gasteiger partial charge is 0.358 e. The molecule has 18 heavy (non-hydrogen) atoms. The molecule has 0 aliphatic heterocycles. The summed E-state index contributed by atoms with van der Waals surface area (Å²) in [6, 6.07) is 0. The quantitative estimate of drug-likeness (QED) is 0.319. The summed E-state index contributed by atoms with van der Waals surface area (Å²) in [5.74, 6) is 0.402. The van der Waals surface area contributed by atoms with Crippen LogP contribution in [0.4, 0.5) is 5.82 Å². The Morgan fingerprint density at radius 2 is 2.44 bits per heavy atom. The van der Waals surface area contributed by atoms with E-state index in [9.17, 15) is 14.3 Å². The first kappa shape index (κ1) is 12.0. The fourth-order valence-electron chi connectivity index (χ4n) is 1.34. The van der Waals surface area contributed by atoms with Gasteiger partial charge in [-0.3, -0.25) is 0 Å². The molecule has 0 unspecified atom stereocenters. The van der Waals surface area contributed by atoms with Gasteiger partial charge in [-0.05, 0) is 10.1 Å². The summed E-state index contributed by atoms with van der Waals surface area (Å²) in [6.07, 6.45) is 1.25. The summed E-state index contributed by atoms with van der Waals surface area (Å²) >= 11 is 0.207. The highest BCUT2D eigenvalue weighted by Gasteiger charge is 2.20. The van der Waals surface area contributed by atoms with Crippen molar-refractivity contribution >= 4 is 21.9 Å². The second-order valence-corrected chi connectivity index (χ2v) is 3.93. The maximum Gasteiger partial charge on any atom is 0.342 e. The monoisotopic (exact) mass is 269 g/mol. The Kier molecular flexibility index (Phi) is 3.23. The zero-order valence-corrected chi connectivity index (χ0v) is 9.92. The average molecular weight is 269 g/mol. The van der Waals surface area contributed by atoms with E-state index in [4.69, 9.17) is 0 Å². The summed E-state index contributed by atoms with van der Waals surface area (Å²) in [4.78, 5) is 14.3. The number of aromatic amines is 1. The van der Waals surface area contributed by atoms with E-state index in [1.165, 1.54) is 11.6 Å². The van der Waals surface area contributed by atoms with Gasteiger partial charge in [0, 0.05) is 0 Å². The smallest absolute Gasteiger partial charge is 0.342 e. The van der Waals surface area contributed by atoms with Gasteiger partial charge in [-0.25, -0.2) is 13.8 Å². The molecule has 10 nitrogen and oxygen atoms in total. The molecule has 1 N–H and O–H groups in total. The molecular weight excluding hydrogens is 262 g/mol. The standard InChI is InChI=1S/C7H7N7O3S/c1-13-5(8-3-6(13)14(15)16)2-4(18-17)7-9-11-12-10-7/h3H,2H2,1H3,(H,9,10,11,12). The van der Waals surface area contributed by atoms with Crippen LogP contribution in [0.5, 0.6) is 0 Å². The molecule has 0 aromatic carbocycles. The molecule has 0 radical (unpaired) electrons. The summed E-state index contributed by atoms with van der Waals surface area (Å²) in [5.41, 5.74) is 0. The lowest BCUT2D eigenvalue weighted by atomic mass is 10.3. The highest BCUT2D eigenvalue weighted by Crippen LogP contribution is 2.12. The van der Waals surface area contributed by atoms with E-state index in [0.29, 0.717) is 5.82 Å². The topological polar surface area (TPSA) is 132 Å². The number of hydrogen-bond donors (Lipinski definition) is 1. The first-order valence-corrected chi connectivity index (χ1v) is 5.42. The van der Waals surface area contributed by atoms with Crippen LogP contribution in [0.3, 0.4) is 0 Å². The zero-order valence-electron chi connectivity index (χ0n) is 9.10. The number of imidazole rings is 1. The van der Waals surface area contributed by atoms with Crippen LogP contribution in [0.1, 0.15) is 11.6 Å². The summed E-state index contributed by atoms with van der Waals surface area (Å²) < 4.78 is 12.3. The Morgan fingerprint density at radius 1 is 1.67 bits per heavy atom. The minimum Gasteiger partial charge on any atom is -0.358 e. The van der Waals surface area contributed by atoms with Gasteiger partial charge in [0.2, 0.25) is 11.6 Å². The van der Waals surface area contributed by atoms with E-state index in [1.54, 1.807) is 0 Å². The normalized spacial score (nSPS) is 10.3. The third-order valence-electron chi connectivity index (χ3n) is 2.26. The number of H-pyrrole nitrogens is 1. The van der Waals surface area contributed by atoms with Crippen molar-refractivity contribution in [2.75, 3.05) is 0 Å². The van der Waals surface area contributed by atoms with Crippen LogP contribution >= 0.6 is 0 Å². The molecule has 0 bridgehead atoms. The molecule has 2 aromatic heterocycles. The second kappa shape index (κ2) is 4.83. The van der Waals surface area contributed by atoms with Crippen LogP contribution in [0, 0.1) is 10.1 Å². The van der Waals surface area contributed by atoms with Gasteiger partial charge in [-0.15, -0.1) is 10.2 Å². The van der Waals surface area contributed by atoms with Crippen LogP contribution in [0.2, 0.25) is 0 Å². The molecule has 0 atom stereocenters. The van der Waals surface area contributed by atoms with E-state index < -0.39 is 4.92 Å². The number of nitro groups is 1. The SMILES string of the molecule is Cn1c([N+](=O)[O-])cnc1CC(=S=O)c1nn[nH]n1. The maximum atomic E-state index is 11.0. The summed E-state index contributed by atoms with van der Waals surface area (Å²) in [5, 5.41) is 23.6. The van der Waals surface area contributed by atoms with Crippen molar-refractivity contribution in [1.29, 1.82) is 0 Å². The van der Waals surface area contributed by atoms with Gasteiger partial charge in [0.25, 0.3) is 0 Å². The molecule has 0 aliphatic carbocycles. The van der Waals surface area contributed by atoms with Crippen molar-refractivity contribution < 1.29 is 9.13 Å². The second-order valence-electron chi connectivity index (χ2n) is 3.27. The Labute approximate surface area is 103 Å². The molecule has 94 valence electrons. The van der Waals surface area contributed by atoms with Crippen molar-refractivity contribution in [2.45, 2.75) is 6.42 Å². The molecule has 0 aliphatic rings. The first-order chi connectivity index (χ1) is 8.63. The predicted molar refractivity (Wildman–Crippen MR) is 60.0 cm³/mol. The van der Waals surface area contributed by atoms with Crippen LogP contribution in [-0.4, -0.2) is 44.2 Å². The van der Waals surface area contributed by atoms with Crippen molar-refractivity contribution in [3.05, 3.63) is 28.0 Å². The minimum absolute atomic E-state index is 0.109. The summed E-state index contributed by atoms with van der Waals surface area (Å²) in [6.45, 7) is 0. The number of aromatic nitrogens is 6. The van der Waals surface area contributed by atoms with Gasteiger partial charge in [-0.2, -0.15) is 5.21 Å². The van der Waals surface area contributed by atoms with Gasteiger partial charge >= 0.3 is 5.82 Å². The lowest BCUT2D eigenvalue weighted by Gasteiger charge is -1.97. The molecule has 2 aromatic rings. The van der Waals surface area contributed by atoms with Gasteiger partial charge < -0.3 is 10.1 Å². The molecular formula is C7H7N7O3S. The Hall–Kier alpha value is -2.43. The zero-order chi connectivity index (χ0) is 13.1. The Morgan fingerprint density at radius 3 is 2.94 bits per heavy atom. The number of tetrazole rings is 1. The van der Waals surface area contributed by atoms with E-state index in [2.05, 4.69) is 25.6 Å². The van der Waals surface area contributed by atoms with E-state index in [-0.39, 0.29) is 34.2 Å². The Balaban J connectivity index is 2.29. The van der Waals surface area contributed by atoms with Crippen LogP contribution in [-0.2, 0) is 24.7 Å². The van der Waals surface area contributed by atoms with Crippen molar-refractivity contribution in [3.63, 3.8) is 0 Å². The molecule has 0 spiro atoms. The van der Waals surface area contributed by atoms with Crippen molar-refractivity contribution in [3.8, 4) is 0 Å². The molecule has 0 saturated heterocycles. The third-order valence-corrected chi connectivity index (χ3v) is 2.79. The number of nitrogens with zero attached hydrogens (tertiary/aromatic N) is 6. The predicted octanol–water partition coefficient (Wildman–Crippen LogP) is -1.18. The van der Waals surface area contributed by atoms with E-state index in [1.807, 2.05) is 0 Å². The fraction of sp³-hybridized carbons (Fsp3) is 0.286. The molecule has 2 rings (SSSR count). The molecule has 0 saturated carbocycles. The minimum atomic E-state index is -0.547.